The highest BCUT2D eigenvalue weighted by Crippen LogP contribution is 2.26. The summed E-state index contributed by atoms with van der Waals surface area (Å²) in [5, 5.41) is 9.18. The number of hydrogen-bond donors (Lipinski definition) is 1. The topological polar surface area (TPSA) is 57.6 Å². The monoisotopic (exact) mass is 367 g/mol. The van der Waals surface area contributed by atoms with Crippen LogP contribution < -0.4 is 0 Å². The number of halogens is 1. The lowest BCUT2D eigenvalue weighted by molar-refractivity contribution is 0.213. The normalized spacial score (nSPS) is 21.9. The van der Waals surface area contributed by atoms with Crippen LogP contribution in [0.15, 0.2) is 29.2 Å². The minimum Gasteiger partial charge on any atom is -0.395 e. The van der Waals surface area contributed by atoms with Crippen molar-refractivity contribution >= 4 is 32.6 Å². The van der Waals surface area contributed by atoms with Crippen LogP contribution in [0, 0.1) is 3.57 Å². The quantitative estimate of drug-likeness (QED) is 0.823. The lowest BCUT2D eigenvalue weighted by atomic mass is 10.2. The van der Waals surface area contributed by atoms with Gasteiger partial charge in [0, 0.05) is 16.2 Å². The van der Waals surface area contributed by atoms with Gasteiger partial charge in [-0.2, -0.15) is 4.31 Å². The maximum atomic E-state index is 12.3. The van der Waals surface area contributed by atoms with E-state index in [1.165, 1.54) is 4.31 Å². The second-order valence-corrected chi connectivity index (χ2v) is 7.18. The third kappa shape index (κ3) is 2.64. The minimum atomic E-state index is -3.45. The van der Waals surface area contributed by atoms with Gasteiger partial charge in [-0.1, -0.05) is 0 Å². The van der Waals surface area contributed by atoms with Crippen molar-refractivity contribution in [3.8, 4) is 0 Å². The summed E-state index contributed by atoms with van der Waals surface area (Å²) in [5.74, 6) is 0. The molecule has 1 heterocycles. The average molecular weight is 367 g/mol. The van der Waals surface area contributed by atoms with Crippen molar-refractivity contribution in [1.82, 2.24) is 4.31 Å². The van der Waals surface area contributed by atoms with E-state index in [0.717, 1.165) is 16.4 Å². The van der Waals surface area contributed by atoms with Crippen LogP contribution in [0.2, 0.25) is 0 Å². The van der Waals surface area contributed by atoms with E-state index in [0.29, 0.717) is 11.4 Å². The van der Waals surface area contributed by atoms with Crippen LogP contribution in [0.4, 0.5) is 0 Å². The van der Waals surface area contributed by atoms with Crippen molar-refractivity contribution in [3.63, 3.8) is 0 Å². The van der Waals surface area contributed by atoms with Gasteiger partial charge < -0.3 is 5.11 Å². The number of benzene rings is 1. The summed E-state index contributed by atoms with van der Waals surface area (Å²) in [6.45, 7) is 0.392. The Kier molecular flexibility index (Phi) is 4.06. The first-order valence-electron chi connectivity index (χ1n) is 5.44. The van der Waals surface area contributed by atoms with Crippen molar-refractivity contribution in [1.29, 1.82) is 0 Å². The van der Waals surface area contributed by atoms with Gasteiger partial charge in [-0.25, -0.2) is 8.42 Å². The molecule has 1 aliphatic rings. The maximum absolute atomic E-state index is 12.3. The third-order valence-electron chi connectivity index (χ3n) is 2.95. The van der Waals surface area contributed by atoms with E-state index in [1.54, 1.807) is 24.3 Å². The predicted molar refractivity (Wildman–Crippen MR) is 73.2 cm³/mol. The maximum Gasteiger partial charge on any atom is 0.243 e. The lowest BCUT2D eigenvalue weighted by Gasteiger charge is -2.22. The van der Waals surface area contributed by atoms with E-state index in [-0.39, 0.29) is 12.6 Å². The molecule has 0 radical (unpaired) electrons. The third-order valence-corrected chi connectivity index (χ3v) is 5.64. The highest BCUT2D eigenvalue weighted by Gasteiger charge is 2.34. The van der Waals surface area contributed by atoms with E-state index < -0.39 is 10.0 Å². The Bertz CT molecular complexity index is 486. The molecule has 0 aliphatic carbocycles. The number of hydrogen-bond acceptors (Lipinski definition) is 3. The molecule has 1 aromatic carbocycles. The second-order valence-electron chi connectivity index (χ2n) is 4.05. The molecule has 1 aliphatic heterocycles. The molecular weight excluding hydrogens is 353 g/mol. The predicted octanol–water partition coefficient (Wildman–Crippen LogP) is 1.44. The molecule has 0 unspecified atom stereocenters. The van der Waals surface area contributed by atoms with E-state index >= 15 is 0 Å². The zero-order valence-electron chi connectivity index (χ0n) is 9.21. The van der Waals surface area contributed by atoms with Crippen molar-refractivity contribution in [2.24, 2.45) is 0 Å². The van der Waals surface area contributed by atoms with Crippen molar-refractivity contribution in [3.05, 3.63) is 27.8 Å². The number of aliphatic hydroxyl groups excluding tert-OH is 1. The summed E-state index contributed by atoms with van der Waals surface area (Å²) in [6.07, 6.45) is 1.55. The molecule has 0 spiro atoms. The molecule has 0 aromatic heterocycles. The molecule has 1 aromatic rings. The summed E-state index contributed by atoms with van der Waals surface area (Å²) in [4.78, 5) is 0.304. The molecule has 1 fully saturated rings. The van der Waals surface area contributed by atoms with E-state index in [4.69, 9.17) is 0 Å². The molecule has 6 heteroatoms. The van der Waals surface area contributed by atoms with Crippen LogP contribution >= 0.6 is 22.6 Å². The molecule has 94 valence electrons. The first kappa shape index (κ1) is 13.3. The van der Waals surface area contributed by atoms with Crippen molar-refractivity contribution < 1.29 is 13.5 Å². The van der Waals surface area contributed by atoms with Gasteiger partial charge in [0.1, 0.15) is 0 Å². The second kappa shape index (κ2) is 5.21. The Morgan fingerprint density at radius 2 is 2.00 bits per heavy atom. The number of rotatable bonds is 3. The summed E-state index contributed by atoms with van der Waals surface area (Å²) in [6, 6.07) is 6.52. The molecule has 0 bridgehead atoms. The molecular formula is C11H14INO3S. The SMILES string of the molecule is O=S(=O)(c1ccc(I)cc1)N1CCC[C@H]1CO. The molecule has 0 saturated carbocycles. The van der Waals surface area contributed by atoms with Gasteiger partial charge in [0.2, 0.25) is 10.0 Å². The van der Waals surface area contributed by atoms with Gasteiger partial charge in [-0.3, -0.25) is 0 Å². The average Bonchev–Trinajstić information content (AvgIpc) is 2.78. The van der Waals surface area contributed by atoms with E-state index in [2.05, 4.69) is 22.6 Å². The summed E-state index contributed by atoms with van der Waals surface area (Å²) >= 11 is 2.14. The molecule has 2 rings (SSSR count). The highest BCUT2D eigenvalue weighted by molar-refractivity contribution is 14.1. The van der Waals surface area contributed by atoms with Crippen LogP contribution in [-0.2, 0) is 10.0 Å². The molecule has 0 amide bonds. The fraction of sp³-hybridized carbons (Fsp3) is 0.455. The molecule has 1 N–H and O–H groups in total. The number of aliphatic hydroxyl groups is 1. The van der Waals surface area contributed by atoms with Crippen LogP contribution in [-0.4, -0.2) is 37.0 Å². The first-order chi connectivity index (χ1) is 8.05. The number of sulfonamides is 1. The highest BCUT2D eigenvalue weighted by atomic mass is 127. The largest absolute Gasteiger partial charge is 0.395 e. The van der Waals surface area contributed by atoms with Gasteiger partial charge >= 0.3 is 0 Å². The van der Waals surface area contributed by atoms with Gasteiger partial charge in [0.25, 0.3) is 0 Å². The fourth-order valence-electron chi connectivity index (χ4n) is 2.05. The smallest absolute Gasteiger partial charge is 0.243 e. The Morgan fingerprint density at radius 3 is 2.59 bits per heavy atom. The minimum absolute atomic E-state index is 0.108. The summed E-state index contributed by atoms with van der Waals surface area (Å²) < 4.78 is 27.1. The van der Waals surface area contributed by atoms with Crippen LogP contribution in [0.5, 0.6) is 0 Å². The number of nitrogens with zero attached hydrogens (tertiary/aromatic N) is 1. The zero-order chi connectivity index (χ0) is 12.5. The van der Waals surface area contributed by atoms with Gasteiger partial charge in [-0.05, 0) is 59.7 Å². The lowest BCUT2D eigenvalue weighted by Crippen LogP contribution is -2.37. The van der Waals surface area contributed by atoms with Crippen LogP contribution in [0.25, 0.3) is 0 Å². The summed E-state index contributed by atoms with van der Waals surface area (Å²) in [7, 11) is -3.45. The fourth-order valence-corrected chi connectivity index (χ4v) is 4.09. The Hall–Kier alpha value is -0.180. The Balaban J connectivity index is 2.33. The van der Waals surface area contributed by atoms with Gasteiger partial charge in [-0.15, -0.1) is 0 Å². The molecule has 1 atom stereocenters. The Morgan fingerprint density at radius 1 is 1.35 bits per heavy atom. The van der Waals surface area contributed by atoms with Crippen LogP contribution in [0.3, 0.4) is 0 Å². The summed E-state index contributed by atoms with van der Waals surface area (Å²) in [5.41, 5.74) is 0. The molecule has 17 heavy (non-hydrogen) atoms. The zero-order valence-corrected chi connectivity index (χ0v) is 12.2. The van der Waals surface area contributed by atoms with Crippen molar-refractivity contribution in [2.75, 3.05) is 13.2 Å². The van der Waals surface area contributed by atoms with E-state index in [1.807, 2.05) is 0 Å². The van der Waals surface area contributed by atoms with Gasteiger partial charge in [0.05, 0.1) is 11.5 Å². The Labute approximate surface area is 115 Å². The molecule has 1 saturated heterocycles. The van der Waals surface area contributed by atoms with Crippen molar-refractivity contribution in [2.45, 2.75) is 23.8 Å². The standard InChI is InChI=1S/C11H14INO3S/c12-9-3-5-11(6-4-9)17(15,16)13-7-1-2-10(13)8-14/h3-6,10,14H,1-2,7-8H2/t10-/m0/s1. The molecule has 4 nitrogen and oxygen atoms in total. The van der Waals surface area contributed by atoms with Crippen LogP contribution in [0.1, 0.15) is 12.8 Å². The van der Waals surface area contributed by atoms with Gasteiger partial charge in [0.15, 0.2) is 0 Å². The first-order valence-corrected chi connectivity index (χ1v) is 7.96. The van der Waals surface area contributed by atoms with E-state index in [9.17, 15) is 13.5 Å².